The highest BCUT2D eigenvalue weighted by atomic mass is 16.6. The van der Waals surface area contributed by atoms with Gasteiger partial charge >= 0.3 is 6.09 Å². The van der Waals surface area contributed by atoms with Gasteiger partial charge in [-0.25, -0.2) is 4.79 Å². The van der Waals surface area contributed by atoms with E-state index < -0.39 is 23.3 Å². The van der Waals surface area contributed by atoms with Crippen LogP contribution in [-0.2, 0) is 4.74 Å². The summed E-state index contributed by atoms with van der Waals surface area (Å²) in [6.45, 7) is 12.8. The van der Waals surface area contributed by atoms with E-state index in [-0.39, 0.29) is 5.92 Å². The van der Waals surface area contributed by atoms with Gasteiger partial charge < -0.3 is 15.2 Å². The predicted octanol–water partition coefficient (Wildman–Crippen LogP) is 2.31. The standard InChI is InChI=1S/C12H25NO3/c1-8(2)12(7,9(3)14)13-10(15)16-11(4,5)6/h8-9,14H,1-7H3,(H,13,15). The molecule has 0 aromatic heterocycles. The Morgan fingerprint density at radius 3 is 1.88 bits per heavy atom. The van der Waals surface area contributed by atoms with Gasteiger partial charge in [0, 0.05) is 0 Å². The topological polar surface area (TPSA) is 58.6 Å². The summed E-state index contributed by atoms with van der Waals surface area (Å²) in [7, 11) is 0. The minimum absolute atomic E-state index is 0.111. The SMILES string of the molecule is CC(C)C(C)(NC(=O)OC(C)(C)C)C(C)O. The minimum atomic E-state index is -0.678. The lowest BCUT2D eigenvalue weighted by molar-refractivity contribution is 0.0175. The van der Waals surface area contributed by atoms with Crippen molar-refractivity contribution in [3.63, 3.8) is 0 Å². The van der Waals surface area contributed by atoms with E-state index in [4.69, 9.17) is 4.74 Å². The van der Waals surface area contributed by atoms with E-state index in [9.17, 15) is 9.90 Å². The number of aliphatic hydroxyl groups excluding tert-OH is 1. The second-order valence-electron chi connectivity index (χ2n) is 5.74. The highest BCUT2D eigenvalue weighted by molar-refractivity contribution is 5.68. The molecule has 16 heavy (non-hydrogen) atoms. The van der Waals surface area contributed by atoms with Crippen LogP contribution in [0.25, 0.3) is 0 Å². The van der Waals surface area contributed by atoms with Crippen LogP contribution in [0.4, 0.5) is 4.79 Å². The van der Waals surface area contributed by atoms with Gasteiger partial charge in [-0.3, -0.25) is 0 Å². The molecule has 2 unspecified atom stereocenters. The van der Waals surface area contributed by atoms with Crippen molar-refractivity contribution < 1.29 is 14.6 Å². The smallest absolute Gasteiger partial charge is 0.408 e. The van der Waals surface area contributed by atoms with E-state index in [1.807, 2.05) is 41.5 Å². The molecule has 2 atom stereocenters. The molecule has 4 heteroatoms. The van der Waals surface area contributed by atoms with Gasteiger partial charge in [0.2, 0.25) is 0 Å². The molecule has 0 aliphatic carbocycles. The molecule has 0 rings (SSSR count). The van der Waals surface area contributed by atoms with Gasteiger partial charge in [-0.05, 0) is 40.5 Å². The van der Waals surface area contributed by atoms with Crippen molar-refractivity contribution in [2.75, 3.05) is 0 Å². The molecule has 4 nitrogen and oxygen atoms in total. The van der Waals surface area contributed by atoms with Crippen LogP contribution in [0.5, 0.6) is 0 Å². The Kier molecular flexibility index (Phi) is 4.80. The van der Waals surface area contributed by atoms with Crippen molar-refractivity contribution in [2.24, 2.45) is 5.92 Å². The summed E-state index contributed by atoms with van der Waals surface area (Å²) in [5.41, 5.74) is -1.21. The first-order valence-corrected chi connectivity index (χ1v) is 5.68. The average Bonchev–Trinajstić information content (AvgIpc) is 1.98. The van der Waals surface area contributed by atoms with Gasteiger partial charge in [0.15, 0.2) is 0 Å². The molecule has 0 saturated heterocycles. The van der Waals surface area contributed by atoms with E-state index in [2.05, 4.69) is 5.32 Å². The van der Waals surface area contributed by atoms with Crippen molar-refractivity contribution in [1.29, 1.82) is 0 Å². The summed E-state index contributed by atoms with van der Waals surface area (Å²) in [6, 6.07) is 0. The van der Waals surface area contributed by atoms with Crippen molar-refractivity contribution in [3.05, 3.63) is 0 Å². The Labute approximate surface area is 98.4 Å². The van der Waals surface area contributed by atoms with E-state index in [1.54, 1.807) is 6.92 Å². The monoisotopic (exact) mass is 231 g/mol. The molecule has 0 aliphatic heterocycles. The number of rotatable bonds is 3. The number of nitrogens with one attached hydrogen (secondary N) is 1. The molecule has 1 amide bonds. The largest absolute Gasteiger partial charge is 0.444 e. The third-order valence-corrected chi connectivity index (χ3v) is 2.84. The predicted molar refractivity (Wildman–Crippen MR) is 64.3 cm³/mol. The molecule has 0 radical (unpaired) electrons. The summed E-state index contributed by atoms with van der Waals surface area (Å²) < 4.78 is 5.17. The molecular weight excluding hydrogens is 206 g/mol. The lowest BCUT2D eigenvalue weighted by atomic mass is 9.84. The lowest BCUT2D eigenvalue weighted by Gasteiger charge is -2.37. The second kappa shape index (κ2) is 5.04. The Morgan fingerprint density at radius 2 is 1.62 bits per heavy atom. The van der Waals surface area contributed by atoms with Crippen LogP contribution >= 0.6 is 0 Å². The number of carbonyl (C=O) groups excluding carboxylic acids is 1. The molecule has 0 fully saturated rings. The van der Waals surface area contributed by atoms with Crippen LogP contribution in [0, 0.1) is 5.92 Å². The molecular formula is C12H25NO3. The van der Waals surface area contributed by atoms with Crippen molar-refractivity contribution in [1.82, 2.24) is 5.32 Å². The number of hydrogen-bond acceptors (Lipinski definition) is 3. The maximum absolute atomic E-state index is 11.6. The first-order valence-electron chi connectivity index (χ1n) is 5.68. The van der Waals surface area contributed by atoms with Crippen LogP contribution in [-0.4, -0.2) is 28.4 Å². The molecule has 0 aromatic carbocycles. The molecule has 96 valence electrons. The zero-order chi connectivity index (χ0) is 13.1. The Hall–Kier alpha value is -0.770. The zero-order valence-corrected chi connectivity index (χ0v) is 11.4. The fourth-order valence-electron chi connectivity index (χ4n) is 1.25. The van der Waals surface area contributed by atoms with E-state index in [1.165, 1.54) is 0 Å². The maximum atomic E-state index is 11.6. The first-order chi connectivity index (χ1) is 6.99. The quantitative estimate of drug-likeness (QED) is 0.783. The lowest BCUT2D eigenvalue weighted by Crippen LogP contribution is -2.57. The number of ether oxygens (including phenoxy) is 1. The highest BCUT2D eigenvalue weighted by Gasteiger charge is 2.36. The third-order valence-electron chi connectivity index (χ3n) is 2.84. The fraction of sp³-hybridized carbons (Fsp3) is 0.917. The Balaban J connectivity index is 4.61. The number of amides is 1. The van der Waals surface area contributed by atoms with E-state index in [0.29, 0.717) is 0 Å². The third kappa shape index (κ3) is 4.39. The maximum Gasteiger partial charge on any atom is 0.408 e. The number of aliphatic hydroxyl groups is 1. The van der Waals surface area contributed by atoms with Gasteiger partial charge in [-0.15, -0.1) is 0 Å². The minimum Gasteiger partial charge on any atom is -0.444 e. The van der Waals surface area contributed by atoms with Crippen molar-refractivity contribution in [2.45, 2.75) is 65.7 Å². The number of alkyl carbamates (subject to hydrolysis) is 1. The number of hydrogen-bond donors (Lipinski definition) is 2. The van der Waals surface area contributed by atoms with Gasteiger partial charge in [0.25, 0.3) is 0 Å². The molecule has 0 spiro atoms. The zero-order valence-electron chi connectivity index (χ0n) is 11.4. The van der Waals surface area contributed by atoms with Crippen LogP contribution in [0.15, 0.2) is 0 Å². The van der Waals surface area contributed by atoms with Gasteiger partial charge in [0.05, 0.1) is 11.6 Å². The van der Waals surface area contributed by atoms with Crippen LogP contribution in [0.3, 0.4) is 0 Å². The van der Waals surface area contributed by atoms with Crippen molar-refractivity contribution >= 4 is 6.09 Å². The summed E-state index contributed by atoms with van der Waals surface area (Å²) in [5.74, 6) is 0.111. The summed E-state index contributed by atoms with van der Waals surface area (Å²) in [5, 5.41) is 12.5. The van der Waals surface area contributed by atoms with Gasteiger partial charge in [-0.1, -0.05) is 13.8 Å². The summed E-state index contributed by atoms with van der Waals surface area (Å²) in [4.78, 5) is 11.6. The number of carbonyl (C=O) groups is 1. The molecule has 0 aromatic rings. The van der Waals surface area contributed by atoms with Crippen LogP contribution in [0.1, 0.15) is 48.5 Å². The Bertz CT molecular complexity index is 233. The molecule has 0 bridgehead atoms. The second-order valence-corrected chi connectivity index (χ2v) is 5.74. The first kappa shape index (κ1) is 15.2. The normalized spacial score (nSPS) is 17.8. The van der Waals surface area contributed by atoms with Crippen LogP contribution < -0.4 is 5.32 Å². The van der Waals surface area contributed by atoms with Crippen LogP contribution in [0.2, 0.25) is 0 Å². The molecule has 0 heterocycles. The van der Waals surface area contributed by atoms with Gasteiger partial charge in [0.1, 0.15) is 5.60 Å². The molecule has 2 N–H and O–H groups in total. The van der Waals surface area contributed by atoms with Crippen molar-refractivity contribution in [3.8, 4) is 0 Å². The fourth-order valence-corrected chi connectivity index (χ4v) is 1.25. The van der Waals surface area contributed by atoms with E-state index in [0.717, 1.165) is 0 Å². The summed E-state index contributed by atoms with van der Waals surface area (Å²) in [6.07, 6.45) is -1.13. The average molecular weight is 231 g/mol. The Morgan fingerprint density at radius 1 is 1.19 bits per heavy atom. The molecule has 0 aliphatic rings. The van der Waals surface area contributed by atoms with Gasteiger partial charge in [-0.2, -0.15) is 0 Å². The summed E-state index contributed by atoms with van der Waals surface area (Å²) >= 11 is 0. The highest BCUT2D eigenvalue weighted by Crippen LogP contribution is 2.21. The molecule has 0 saturated carbocycles. The van der Waals surface area contributed by atoms with E-state index >= 15 is 0 Å².